The van der Waals surface area contributed by atoms with Crippen LogP contribution in [0.15, 0.2) is 30.3 Å². The van der Waals surface area contributed by atoms with Gasteiger partial charge in [0.1, 0.15) is 17.7 Å². The van der Waals surface area contributed by atoms with Gasteiger partial charge in [-0.05, 0) is 75.9 Å². The van der Waals surface area contributed by atoms with E-state index in [9.17, 15) is 19.5 Å². The summed E-state index contributed by atoms with van der Waals surface area (Å²) in [4.78, 5) is 38.7. The van der Waals surface area contributed by atoms with Crippen molar-refractivity contribution in [3.63, 3.8) is 0 Å². The van der Waals surface area contributed by atoms with Gasteiger partial charge in [0.15, 0.2) is 0 Å². The monoisotopic (exact) mass is 565 g/mol. The van der Waals surface area contributed by atoms with E-state index in [4.69, 9.17) is 4.74 Å². The molecule has 9 heteroatoms. The molecule has 0 saturated heterocycles. The summed E-state index contributed by atoms with van der Waals surface area (Å²) in [6.07, 6.45) is 1.20. The zero-order valence-electron chi connectivity index (χ0n) is 25.1. The van der Waals surface area contributed by atoms with Crippen LogP contribution in [0.3, 0.4) is 0 Å². The Morgan fingerprint density at radius 2 is 1.49 bits per heavy atom. The number of alkyl carbamates (subject to hydrolysis) is 1. The molecular weight excluding hydrogens is 514 g/mol. The molecule has 0 aliphatic heterocycles. The molecule has 0 bridgehead atoms. The highest BCUT2D eigenvalue weighted by Gasteiger charge is 2.29. The maximum Gasteiger partial charge on any atom is 0.408 e. The van der Waals surface area contributed by atoms with Crippen LogP contribution in [0.5, 0.6) is 0 Å². The molecule has 0 saturated carbocycles. The number of carbonyl (C=O) groups excluding carboxylic acids is 3. The summed E-state index contributed by atoms with van der Waals surface area (Å²) >= 11 is 1.82. The molecule has 0 aromatic heterocycles. The fraction of sp³-hybridized carbons (Fsp3) is 0.700. The van der Waals surface area contributed by atoms with Crippen molar-refractivity contribution in [2.45, 2.75) is 111 Å². The summed E-state index contributed by atoms with van der Waals surface area (Å²) in [5.41, 5.74) is 0.140. The standard InChI is InChI=1S/C30H51N3O5S/c1-20(2)14-16-39-17-15-26(34)24(18-21(3)4)32-27(35)22(5)31-28(36)25(19-23-12-10-9-11-13-23)33-29(37)38-30(6,7)8/h9-13,20-22,24-26,34H,14-19H2,1-8H3,(H,31,36)(H,32,35)(H,33,37)/t22-,24-,25-,26-/m0/s1. The molecule has 0 aliphatic carbocycles. The van der Waals surface area contributed by atoms with Crippen molar-refractivity contribution in [2.24, 2.45) is 11.8 Å². The third-order valence-electron chi connectivity index (χ3n) is 5.96. The first-order valence-corrected chi connectivity index (χ1v) is 15.2. The minimum Gasteiger partial charge on any atom is -0.444 e. The smallest absolute Gasteiger partial charge is 0.408 e. The molecular formula is C30H51N3O5S. The fourth-order valence-electron chi connectivity index (χ4n) is 3.84. The molecule has 0 aliphatic rings. The van der Waals surface area contributed by atoms with Crippen molar-refractivity contribution in [3.05, 3.63) is 35.9 Å². The summed E-state index contributed by atoms with van der Waals surface area (Å²) in [6.45, 7) is 15.3. The minimum absolute atomic E-state index is 0.240. The van der Waals surface area contributed by atoms with Crippen molar-refractivity contribution in [1.82, 2.24) is 16.0 Å². The quantitative estimate of drug-likeness (QED) is 0.216. The summed E-state index contributed by atoms with van der Waals surface area (Å²) in [5.74, 6) is 1.93. The van der Waals surface area contributed by atoms with E-state index in [0.29, 0.717) is 18.8 Å². The van der Waals surface area contributed by atoms with Crippen molar-refractivity contribution in [2.75, 3.05) is 11.5 Å². The van der Waals surface area contributed by atoms with Crippen LogP contribution >= 0.6 is 11.8 Å². The lowest BCUT2D eigenvalue weighted by Gasteiger charge is -2.28. The minimum atomic E-state index is -0.933. The highest BCUT2D eigenvalue weighted by Crippen LogP contribution is 2.16. The van der Waals surface area contributed by atoms with E-state index in [-0.39, 0.29) is 18.2 Å². The maximum absolute atomic E-state index is 13.2. The predicted octanol–water partition coefficient (Wildman–Crippen LogP) is 4.69. The predicted molar refractivity (Wildman–Crippen MR) is 160 cm³/mol. The fourth-order valence-corrected chi connectivity index (χ4v) is 5.09. The molecule has 0 heterocycles. The Labute approximate surface area is 239 Å². The van der Waals surface area contributed by atoms with Crippen LogP contribution in [0.4, 0.5) is 4.79 Å². The zero-order valence-corrected chi connectivity index (χ0v) is 25.9. The van der Waals surface area contributed by atoms with Gasteiger partial charge in [0.2, 0.25) is 11.8 Å². The molecule has 0 spiro atoms. The average molecular weight is 566 g/mol. The molecule has 1 aromatic rings. The molecule has 4 atom stereocenters. The number of amides is 3. The second-order valence-corrected chi connectivity index (χ2v) is 13.2. The molecule has 0 unspecified atom stereocenters. The van der Waals surface area contributed by atoms with Gasteiger partial charge in [0.05, 0.1) is 12.1 Å². The maximum atomic E-state index is 13.2. The summed E-state index contributed by atoms with van der Waals surface area (Å²) in [5, 5.41) is 19.2. The number of hydrogen-bond acceptors (Lipinski definition) is 6. The van der Waals surface area contributed by atoms with Gasteiger partial charge >= 0.3 is 6.09 Å². The number of aliphatic hydroxyl groups excluding tert-OH is 1. The van der Waals surface area contributed by atoms with Gasteiger partial charge in [0.25, 0.3) is 0 Å². The van der Waals surface area contributed by atoms with Crippen LogP contribution in [0.2, 0.25) is 0 Å². The van der Waals surface area contributed by atoms with Crippen LogP contribution < -0.4 is 16.0 Å². The van der Waals surface area contributed by atoms with E-state index in [2.05, 4.69) is 29.8 Å². The van der Waals surface area contributed by atoms with Gasteiger partial charge in [-0.15, -0.1) is 0 Å². The average Bonchev–Trinajstić information content (AvgIpc) is 2.81. The Morgan fingerprint density at radius 1 is 0.872 bits per heavy atom. The largest absolute Gasteiger partial charge is 0.444 e. The topological polar surface area (TPSA) is 117 Å². The molecule has 222 valence electrons. The number of benzene rings is 1. The van der Waals surface area contributed by atoms with Crippen LogP contribution in [-0.2, 0) is 20.7 Å². The molecule has 39 heavy (non-hydrogen) atoms. The van der Waals surface area contributed by atoms with Crippen LogP contribution in [0.25, 0.3) is 0 Å². The van der Waals surface area contributed by atoms with Gasteiger partial charge in [-0.25, -0.2) is 4.79 Å². The highest BCUT2D eigenvalue weighted by molar-refractivity contribution is 7.99. The molecule has 0 radical (unpaired) electrons. The van der Waals surface area contributed by atoms with E-state index in [1.807, 2.05) is 55.9 Å². The van der Waals surface area contributed by atoms with Gasteiger partial charge in [-0.1, -0.05) is 58.0 Å². The van der Waals surface area contributed by atoms with Gasteiger partial charge in [0, 0.05) is 6.42 Å². The van der Waals surface area contributed by atoms with Gasteiger partial charge in [-0.3, -0.25) is 9.59 Å². The van der Waals surface area contributed by atoms with Crippen molar-refractivity contribution in [1.29, 1.82) is 0 Å². The van der Waals surface area contributed by atoms with E-state index in [1.54, 1.807) is 27.7 Å². The summed E-state index contributed by atoms with van der Waals surface area (Å²) in [6, 6.07) is 7.11. The Balaban J connectivity index is 2.81. The Kier molecular flexibility index (Phi) is 15.5. The number of carbonyl (C=O) groups is 3. The van der Waals surface area contributed by atoms with Crippen LogP contribution in [0.1, 0.15) is 80.2 Å². The number of hydrogen-bond donors (Lipinski definition) is 4. The summed E-state index contributed by atoms with van der Waals surface area (Å²) < 4.78 is 5.34. The number of nitrogens with one attached hydrogen (secondary N) is 3. The molecule has 3 amide bonds. The lowest BCUT2D eigenvalue weighted by Crippen LogP contribution is -2.56. The van der Waals surface area contributed by atoms with E-state index >= 15 is 0 Å². The number of rotatable bonds is 16. The van der Waals surface area contributed by atoms with Crippen LogP contribution in [0, 0.1) is 11.8 Å². The highest BCUT2D eigenvalue weighted by atomic mass is 32.2. The van der Waals surface area contributed by atoms with Crippen molar-refractivity contribution in [3.8, 4) is 0 Å². The molecule has 4 N–H and O–H groups in total. The van der Waals surface area contributed by atoms with Crippen LogP contribution in [-0.4, -0.2) is 64.4 Å². The SMILES string of the molecule is CC(C)CCSCC[C@H](O)[C@H](CC(C)C)NC(=O)[C@H](C)NC(=O)[C@H](Cc1ccccc1)NC(=O)OC(C)(C)C. The van der Waals surface area contributed by atoms with Crippen molar-refractivity contribution < 1.29 is 24.2 Å². The van der Waals surface area contributed by atoms with E-state index in [0.717, 1.165) is 23.5 Å². The summed E-state index contributed by atoms with van der Waals surface area (Å²) in [7, 11) is 0. The number of thioether (sulfide) groups is 1. The normalized spacial score (nSPS) is 14.8. The number of ether oxygens (including phenoxy) is 1. The molecule has 0 fully saturated rings. The lowest BCUT2D eigenvalue weighted by atomic mass is 9.97. The third kappa shape index (κ3) is 15.8. The van der Waals surface area contributed by atoms with E-state index in [1.165, 1.54) is 0 Å². The van der Waals surface area contributed by atoms with Gasteiger partial charge < -0.3 is 25.8 Å². The molecule has 1 aromatic carbocycles. The molecule has 1 rings (SSSR count). The first-order valence-electron chi connectivity index (χ1n) is 14.1. The third-order valence-corrected chi connectivity index (χ3v) is 7.01. The van der Waals surface area contributed by atoms with E-state index < -0.39 is 41.8 Å². The molecule has 8 nitrogen and oxygen atoms in total. The van der Waals surface area contributed by atoms with Gasteiger partial charge in [-0.2, -0.15) is 11.8 Å². The zero-order chi connectivity index (χ0) is 29.6. The Bertz CT molecular complexity index is 873. The number of aliphatic hydroxyl groups is 1. The second-order valence-electron chi connectivity index (χ2n) is 12.0. The van der Waals surface area contributed by atoms with Crippen molar-refractivity contribution >= 4 is 29.7 Å². The Morgan fingerprint density at radius 3 is 2.05 bits per heavy atom. The first-order chi connectivity index (χ1) is 18.2. The second kappa shape index (κ2) is 17.4. The lowest BCUT2D eigenvalue weighted by molar-refractivity contribution is -0.130. The Hall–Kier alpha value is -2.26. The first kappa shape index (κ1) is 34.8.